The predicted octanol–water partition coefficient (Wildman–Crippen LogP) is 0.0275. The number of aliphatic carboxylic acids is 1. The van der Waals surface area contributed by atoms with Crippen molar-refractivity contribution < 1.29 is 23.1 Å². The number of carbonyl (C=O) groups excluding carboxylic acids is 1. The molecule has 0 radical (unpaired) electrons. The molecule has 1 saturated heterocycles. The lowest BCUT2D eigenvalue weighted by atomic mass is 10.1. The van der Waals surface area contributed by atoms with E-state index in [0.717, 1.165) is 0 Å². The van der Waals surface area contributed by atoms with E-state index in [1.807, 2.05) is 0 Å². The van der Waals surface area contributed by atoms with Crippen LogP contribution in [0.1, 0.15) is 33.1 Å². The van der Waals surface area contributed by atoms with Crippen LogP contribution in [0.15, 0.2) is 0 Å². The van der Waals surface area contributed by atoms with E-state index in [1.165, 1.54) is 4.31 Å². The van der Waals surface area contributed by atoms with E-state index in [0.29, 0.717) is 25.9 Å². The van der Waals surface area contributed by atoms with Crippen molar-refractivity contribution in [2.24, 2.45) is 5.92 Å². The van der Waals surface area contributed by atoms with Gasteiger partial charge in [0.15, 0.2) is 0 Å². The minimum Gasteiger partial charge on any atom is -0.481 e. The van der Waals surface area contributed by atoms with Crippen molar-refractivity contribution >= 4 is 21.9 Å². The number of hydrogen-bond acceptors (Lipinski definition) is 4. The Balaban J connectivity index is 2.45. The standard InChI is InChI=1S/C12H22N2O5S/c1-9(2)12(17)13-10-3-6-14(7-4-10)20(18,19)8-5-11(15)16/h9-10H,3-8H2,1-2H3,(H,13,17)(H,15,16). The van der Waals surface area contributed by atoms with Gasteiger partial charge in [-0.15, -0.1) is 0 Å². The Hall–Kier alpha value is -1.15. The van der Waals surface area contributed by atoms with Crippen molar-refractivity contribution in [3.8, 4) is 0 Å². The van der Waals surface area contributed by atoms with Crippen LogP contribution in [0.2, 0.25) is 0 Å². The van der Waals surface area contributed by atoms with E-state index >= 15 is 0 Å². The minimum absolute atomic E-state index is 0.00387. The molecule has 7 nitrogen and oxygen atoms in total. The molecule has 0 atom stereocenters. The number of rotatable bonds is 6. The molecule has 1 amide bonds. The Bertz CT molecular complexity index is 452. The Labute approximate surface area is 119 Å². The number of hydrogen-bond donors (Lipinski definition) is 2. The summed E-state index contributed by atoms with van der Waals surface area (Å²) in [4.78, 5) is 22.0. The Morgan fingerprint density at radius 2 is 1.85 bits per heavy atom. The summed E-state index contributed by atoms with van der Waals surface area (Å²) in [5.74, 6) is -1.61. The molecule has 1 heterocycles. The van der Waals surface area contributed by atoms with Crippen LogP contribution < -0.4 is 5.32 Å². The Morgan fingerprint density at radius 1 is 1.30 bits per heavy atom. The molecule has 0 spiro atoms. The quantitative estimate of drug-likeness (QED) is 0.720. The summed E-state index contributed by atoms with van der Waals surface area (Å²) in [6.07, 6.45) is 0.738. The van der Waals surface area contributed by atoms with E-state index in [1.54, 1.807) is 13.8 Å². The van der Waals surface area contributed by atoms with E-state index in [2.05, 4.69) is 5.32 Å². The van der Waals surface area contributed by atoms with Crippen molar-refractivity contribution in [1.29, 1.82) is 0 Å². The first-order valence-electron chi connectivity index (χ1n) is 6.72. The van der Waals surface area contributed by atoms with Crippen LogP contribution in [0.3, 0.4) is 0 Å². The maximum absolute atomic E-state index is 11.9. The number of piperidine rings is 1. The normalized spacial score (nSPS) is 18.1. The molecule has 1 fully saturated rings. The van der Waals surface area contributed by atoms with Gasteiger partial charge in [0.05, 0.1) is 12.2 Å². The van der Waals surface area contributed by atoms with Gasteiger partial charge in [0.1, 0.15) is 0 Å². The minimum atomic E-state index is -3.51. The zero-order chi connectivity index (χ0) is 15.3. The summed E-state index contributed by atoms with van der Waals surface area (Å²) >= 11 is 0. The highest BCUT2D eigenvalue weighted by Gasteiger charge is 2.29. The summed E-state index contributed by atoms with van der Waals surface area (Å²) in [5, 5.41) is 11.4. The maximum atomic E-state index is 11.9. The van der Waals surface area contributed by atoms with Gasteiger partial charge in [-0.25, -0.2) is 12.7 Å². The van der Waals surface area contributed by atoms with Gasteiger partial charge in [-0.1, -0.05) is 13.8 Å². The van der Waals surface area contributed by atoms with E-state index < -0.39 is 16.0 Å². The Morgan fingerprint density at radius 3 is 2.30 bits per heavy atom. The fraction of sp³-hybridized carbons (Fsp3) is 0.833. The third kappa shape index (κ3) is 5.09. The SMILES string of the molecule is CC(C)C(=O)NC1CCN(S(=O)(=O)CCC(=O)O)CC1. The van der Waals surface area contributed by atoms with Gasteiger partial charge >= 0.3 is 5.97 Å². The molecule has 116 valence electrons. The van der Waals surface area contributed by atoms with Crippen LogP contribution in [0.4, 0.5) is 0 Å². The zero-order valence-corrected chi connectivity index (χ0v) is 12.6. The molecule has 0 unspecified atom stereocenters. The third-order valence-corrected chi connectivity index (χ3v) is 5.16. The molecule has 0 aliphatic carbocycles. The van der Waals surface area contributed by atoms with Crippen LogP contribution >= 0.6 is 0 Å². The molecule has 0 bridgehead atoms. The van der Waals surface area contributed by atoms with Crippen LogP contribution in [0, 0.1) is 5.92 Å². The van der Waals surface area contributed by atoms with Gasteiger partial charge in [0, 0.05) is 25.0 Å². The summed E-state index contributed by atoms with van der Waals surface area (Å²) in [7, 11) is -3.51. The highest BCUT2D eigenvalue weighted by Crippen LogP contribution is 2.15. The van der Waals surface area contributed by atoms with Gasteiger partial charge in [-0.2, -0.15) is 0 Å². The predicted molar refractivity (Wildman–Crippen MR) is 73.6 cm³/mol. The molecule has 1 aliphatic heterocycles. The first kappa shape index (κ1) is 16.9. The molecule has 0 aromatic rings. The molecule has 1 aliphatic rings. The first-order valence-corrected chi connectivity index (χ1v) is 8.33. The maximum Gasteiger partial charge on any atom is 0.304 e. The number of sulfonamides is 1. The summed E-state index contributed by atoms with van der Waals surface area (Å²) in [6.45, 7) is 4.26. The van der Waals surface area contributed by atoms with Crippen LogP contribution in [-0.2, 0) is 19.6 Å². The third-order valence-electron chi connectivity index (χ3n) is 3.29. The molecule has 8 heteroatoms. The van der Waals surface area contributed by atoms with Crippen LogP contribution in [-0.4, -0.2) is 54.6 Å². The lowest BCUT2D eigenvalue weighted by Crippen LogP contribution is -2.47. The summed E-state index contributed by atoms with van der Waals surface area (Å²) < 4.78 is 25.1. The van der Waals surface area contributed by atoms with Crippen LogP contribution in [0.5, 0.6) is 0 Å². The van der Waals surface area contributed by atoms with E-state index in [4.69, 9.17) is 5.11 Å². The van der Waals surface area contributed by atoms with Gasteiger partial charge < -0.3 is 10.4 Å². The smallest absolute Gasteiger partial charge is 0.304 e. The van der Waals surface area contributed by atoms with Crippen molar-refractivity contribution in [3.63, 3.8) is 0 Å². The second-order valence-corrected chi connectivity index (χ2v) is 7.38. The Kier molecular flexibility index (Phi) is 5.94. The monoisotopic (exact) mass is 306 g/mol. The van der Waals surface area contributed by atoms with Gasteiger partial charge in [0.25, 0.3) is 0 Å². The number of carboxylic acids is 1. The largest absolute Gasteiger partial charge is 0.481 e. The summed E-state index contributed by atoms with van der Waals surface area (Å²) in [6, 6.07) is -0.00387. The molecule has 0 aromatic carbocycles. The van der Waals surface area contributed by atoms with Gasteiger partial charge in [-0.3, -0.25) is 9.59 Å². The fourth-order valence-electron chi connectivity index (χ4n) is 1.99. The van der Waals surface area contributed by atoms with E-state index in [9.17, 15) is 18.0 Å². The second-order valence-electron chi connectivity index (χ2n) is 5.30. The van der Waals surface area contributed by atoms with Crippen molar-refractivity contribution in [1.82, 2.24) is 9.62 Å². The average molecular weight is 306 g/mol. The van der Waals surface area contributed by atoms with Crippen molar-refractivity contribution in [3.05, 3.63) is 0 Å². The lowest BCUT2D eigenvalue weighted by Gasteiger charge is -2.31. The first-order chi connectivity index (χ1) is 9.22. The molecular weight excluding hydrogens is 284 g/mol. The van der Waals surface area contributed by atoms with Gasteiger partial charge in [0.2, 0.25) is 15.9 Å². The van der Waals surface area contributed by atoms with Gasteiger partial charge in [-0.05, 0) is 12.8 Å². The zero-order valence-electron chi connectivity index (χ0n) is 11.8. The average Bonchev–Trinajstić information content (AvgIpc) is 2.37. The molecule has 0 aromatic heterocycles. The molecule has 2 N–H and O–H groups in total. The number of carboxylic acid groups (broad SMARTS) is 1. The highest BCUT2D eigenvalue weighted by atomic mass is 32.2. The number of amides is 1. The number of carbonyl (C=O) groups is 2. The van der Waals surface area contributed by atoms with E-state index in [-0.39, 0.29) is 30.0 Å². The molecule has 0 saturated carbocycles. The topological polar surface area (TPSA) is 104 Å². The molecule has 20 heavy (non-hydrogen) atoms. The highest BCUT2D eigenvalue weighted by molar-refractivity contribution is 7.89. The fourth-order valence-corrected chi connectivity index (χ4v) is 3.45. The number of nitrogens with zero attached hydrogens (tertiary/aromatic N) is 1. The molecule has 1 rings (SSSR count). The second kappa shape index (κ2) is 7.03. The van der Waals surface area contributed by atoms with Crippen molar-refractivity contribution in [2.45, 2.75) is 39.2 Å². The lowest BCUT2D eigenvalue weighted by molar-refractivity contribution is -0.136. The van der Waals surface area contributed by atoms with Crippen molar-refractivity contribution in [2.75, 3.05) is 18.8 Å². The number of nitrogens with one attached hydrogen (secondary N) is 1. The summed E-state index contributed by atoms with van der Waals surface area (Å²) in [5.41, 5.74) is 0. The molecular formula is C12H22N2O5S. The van der Waals surface area contributed by atoms with Crippen LogP contribution in [0.25, 0.3) is 0 Å².